The molecule has 10 rings (SSSR count). The summed E-state index contributed by atoms with van der Waals surface area (Å²) >= 11 is 0. The van der Waals surface area contributed by atoms with Gasteiger partial charge in [0, 0.05) is 46.7 Å². The van der Waals surface area contributed by atoms with Crippen LogP contribution < -0.4 is 31.9 Å². The van der Waals surface area contributed by atoms with Crippen LogP contribution >= 0.6 is 0 Å². The maximum absolute atomic E-state index is 14.3. The molecule has 6 saturated heterocycles. The number of nitrogens with one attached hydrogen (secondary N) is 6. The number of carbonyl (C=O) groups is 6. The maximum Gasteiger partial charge on any atom is 0.407 e. The molecule has 49 heteroatoms. The van der Waals surface area contributed by atoms with Crippen LogP contribution in [0.4, 0.5) is 4.79 Å². The number of fused-ring (bicyclic) bond motifs is 6. The van der Waals surface area contributed by atoms with Crippen LogP contribution in [-0.4, -0.2) is 419 Å². The predicted molar refractivity (Wildman–Crippen MR) is 454 cm³/mol. The Labute approximate surface area is 770 Å². The molecular formula is C84H135N15O34. The average molecular weight is 1900 g/mol. The predicted octanol–water partition coefficient (Wildman–Crippen LogP) is -4.32. The summed E-state index contributed by atoms with van der Waals surface area (Å²) in [6.45, 7) is 10.8. The van der Waals surface area contributed by atoms with Gasteiger partial charge in [-0.15, -0.1) is 15.3 Å². The molecule has 6 aliphatic heterocycles. The van der Waals surface area contributed by atoms with Crippen molar-refractivity contribution in [1.29, 1.82) is 0 Å². The van der Waals surface area contributed by atoms with Crippen molar-refractivity contribution in [2.24, 2.45) is 0 Å². The van der Waals surface area contributed by atoms with Gasteiger partial charge in [-0.2, -0.15) is 0 Å². The highest BCUT2D eigenvalue weighted by Gasteiger charge is 2.62. The molecule has 6 bridgehead atoms. The number of rotatable bonds is 72. The number of hydrogen-bond donors (Lipinski definition) is 12. The Bertz CT molecular complexity index is 3690. The number of aliphatic hydroxyl groups excluding tert-OH is 6. The van der Waals surface area contributed by atoms with Gasteiger partial charge in [0.15, 0.2) is 18.9 Å². The number of aromatic nitrogens is 9. The molecule has 3 aromatic heterocycles. The molecule has 49 nitrogen and oxygen atoms in total. The molecule has 6 fully saturated rings. The van der Waals surface area contributed by atoms with E-state index in [4.69, 9.17) is 104 Å². The SMILES string of the molecule is CC(=O)N[C@H]1[C@H]2OC[C@](COCCOCCOCCOCCn3cc(COCC(COCc4cn(CCOCCOCCOCCOC[C@@]56CO[C@@H](O5)[C@H](NC(C)=O)[C@@H](O)[C@H]6O)nn4)(COCc4cn(CCOCCOCCOCCOC[C@@]56CO[C@@H](O5)[C@H](NC(C)=O)[C@@H](O)[C@H]6O)nn4)NC(=O)CCCCCNC(=O)CCCCCNC(=O)OCc4ccccc4)nn3)(O2)[C@H](O)[C@@H]1O. The highest BCUT2D eigenvalue weighted by molar-refractivity contribution is 5.77. The number of nitrogens with zero attached hydrogens (tertiary/aromatic N) is 9. The first kappa shape index (κ1) is 107. The topological polar surface area (TPSA) is 591 Å². The fraction of sp³-hybridized carbons (Fsp3) is 0.786. The molecule has 9 heterocycles. The number of alkyl carbamates (subject to hydrolysis) is 1. The molecule has 1 aromatic carbocycles. The molecule has 0 spiro atoms. The number of unbranched alkanes of at least 4 members (excludes halogenated alkanes) is 4. The first-order chi connectivity index (χ1) is 64.5. The molecule has 12 N–H and O–H groups in total. The summed E-state index contributed by atoms with van der Waals surface area (Å²) in [5.41, 5.74) is -2.84. The largest absolute Gasteiger partial charge is 0.445 e. The van der Waals surface area contributed by atoms with E-state index in [1.54, 1.807) is 32.6 Å². The zero-order valence-electron chi connectivity index (χ0n) is 75.9. The Morgan fingerprint density at radius 3 is 1.05 bits per heavy atom. The van der Waals surface area contributed by atoms with Gasteiger partial charge in [-0.1, -0.05) is 58.8 Å². The summed E-state index contributed by atoms with van der Waals surface area (Å²) in [6, 6.07) is 6.64. The van der Waals surface area contributed by atoms with Crippen LogP contribution in [0.3, 0.4) is 0 Å². The van der Waals surface area contributed by atoms with Crippen molar-refractivity contribution >= 4 is 35.6 Å². The second-order valence-corrected chi connectivity index (χ2v) is 32.9. The Morgan fingerprint density at radius 1 is 0.391 bits per heavy atom. The van der Waals surface area contributed by atoms with Gasteiger partial charge in [-0.25, -0.2) is 18.8 Å². The first-order valence-electron chi connectivity index (χ1n) is 45.2. The molecule has 0 saturated carbocycles. The van der Waals surface area contributed by atoms with E-state index in [0.29, 0.717) is 128 Å². The van der Waals surface area contributed by atoms with Crippen LogP contribution in [0.2, 0.25) is 0 Å². The molecule has 6 amide bonds. The van der Waals surface area contributed by atoms with Gasteiger partial charge < -0.3 is 167 Å². The van der Waals surface area contributed by atoms with Crippen LogP contribution in [0, 0.1) is 0 Å². The highest BCUT2D eigenvalue weighted by Crippen LogP contribution is 2.40. The zero-order chi connectivity index (χ0) is 94.4. The lowest BCUT2D eigenvalue weighted by Gasteiger charge is -2.42. The molecule has 0 unspecified atom stereocenters. The summed E-state index contributed by atoms with van der Waals surface area (Å²) in [6.07, 6.45) is -1.84. The van der Waals surface area contributed by atoms with E-state index in [0.717, 1.165) is 12.0 Å². The van der Waals surface area contributed by atoms with Gasteiger partial charge in [0.1, 0.15) is 101 Å². The fourth-order valence-electron chi connectivity index (χ4n) is 15.0. The second-order valence-electron chi connectivity index (χ2n) is 32.9. The fourth-order valence-corrected chi connectivity index (χ4v) is 15.0. The van der Waals surface area contributed by atoms with Crippen LogP contribution in [0.15, 0.2) is 48.9 Å². The van der Waals surface area contributed by atoms with E-state index in [9.17, 15) is 59.4 Å². The van der Waals surface area contributed by atoms with Crippen molar-refractivity contribution in [3.63, 3.8) is 0 Å². The minimum atomic E-state index is -1.35. The number of carbonyl (C=O) groups excluding carboxylic acids is 6. The molecule has 15 atom stereocenters. The molecular weight excluding hydrogens is 1760 g/mol. The third-order valence-electron chi connectivity index (χ3n) is 22.0. The lowest BCUT2D eigenvalue weighted by atomic mass is 9.88. The zero-order valence-corrected chi connectivity index (χ0v) is 75.9. The lowest BCUT2D eigenvalue weighted by molar-refractivity contribution is -0.238. The summed E-state index contributed by atoms with van der Waals surface area (Å²) < 4.78 is 132. The van der Waals surface area contributed by atoms with Gasteiger partial charge in [-0.3, -0.25) is 24.0 Å². The van der Waals surface area contributed by atoms with Crippen LogP contribution in [0.5, 0.6) is 0 Å². The molecule has 4 aromatic rings. The minimum Gasteiger partial charge on any atom is -0.445 e. The van der Waals surface area contributed by atoms with E-state index >= 15 is 0 Å². The Kier molecular flexibility index (Phi) is 46.8. The van der Waals surface area contributed by atoms with Crippen molar-refractivity contribution in [3.05, 3.63) is 71.6 Å². The van der Waals surface area contributed by atoms with Gasteiger partial charge in [0.2, 0.25) is 29.5 Å². The second kappa shape index (κ2) is 58.0. The lowest BCUT2D eigenvalue weighted by Crippen LogP contribution is -2.66. The standard InChI is InChI=1S/C84H135N15O34/c1-59(100)87-68-71(105)74(108)82(56-128-77(68)131-82)53-121-40-37-118-34-31-115-28-25-112-22-19-97-43-63(91-94-97)47-124-50-81(90-67(104)16-10-6-11-17-85-66(103)15-9-5-12-18-86-80(111)127-46-62-13-7-4-8-14-62,51-125-48-64-44-98(95-92-64)20-23-113-26-29-116-32-35-119-38-41-122-54-83-57-129-78(132-83)69(88-60(2)101)72(106)75(83)109)52-126-49-65-45-99(96-93-65)21-24-114-27-30-117-33-36-120-39-42-123-55-84-58-130-79(133-84)70(89-61(3)102)73(107)76(84)110/h4,7-8,13-14,43-45,68-79,105-110H,5-6,9-12,15-42,46-58H2,1-3H3,(H,85,103)(H,86,111)(H,87,100)(H,88,101)(H,89,102)(H,90,104)/t68-,69-,70-,71-,72-,73-,74-,75-,76-,77+,78+,79+,82+,83+,84+/m1/s1. The van der Waals surface area contributed by atoms with E-state index in [-0.39, 0.29) is 203 Å². The Hall–Kier alpha value is -7.82. The molecule has 133 heavy (non-hydrogen) atoms. The summed E-state index contributed by atoms with van der Waals surface area (Å²) in [4.78, 5) is 74.0. The number of amides is 6. The van der Waals surface area contributed by atoms with Crippen molar-refractivity contribution in [1.82, 2.24) is 76.9 Å². The Balaban J connectivity index is 0.654. The van der Waals surface area contributed by atoms with E-state index in [1.165, 1.54) is 20.8 Å². The van der Waals surface area contributed by atoms with Crippen LogP contribution in [0.1, 0.15) is 94.8 Å². The molecule has 750 valence electrons. The van der Waals surface area contributed by atoms with Gasteiger partial charge in [0.25, 0.3) is 0 Å². The number of ether oxygens (including phenoxy) is 22. The van der Waals surface area contributed by atoms with Gasteiger partial charge >= 0.3 is 6.09 Å². The minimum absolute atomic E-state index is 0.0209. The van der Waals surface area contributed by atoms with Crippen molar-refractivity contribution in [2.75, 3.05) is 211 Å². The smallest absolute Gasteiger partial charge is 0.407 e. The Morgan fingerprint density at radius 2 is 0.707 bits per heavy atom. The third kappa shape index (κ3) is 36.2. The maximum atomic E-state index is 14.3. The van der Waals surface area contributed by atoms with Crippen LogP contribution in [-0.2, 0) is 174 Å². The van der Waals surface area contributed by atoms with Crippen molar-refractivity contribution in [2.45, 2.75) is 214 Å². The first-order valence-corrected chi connectivity index (χ1v) is 45.2. The third-order valence-corrected chi connectivity index (χ3v) is 22.0. The number of hydrogen-bond acceptors (Lipinski definition) is 40. The van der Waals surface area contributed by atoms with E-state index in [2.05, 4.69) is 62.8 Å². The van der Waals surface area contributed by atoms with E-state index in [1.807, 2.05) is 30.3 Å². The van der Waals surface area contributed by atoms with Gasteiger partial charge in [0.05, 0.1) is 256 Å². The van der Waals surface area contributed by atoms with Crippen LogP contribution in [0.25, 0.3) is 0 Å². The summed E-state index contributed by atoms with van der Waals surface area (Å²) in [7, 11) is 0. The number of benzene rings is 1. The van der Waals surface area contributed by atoms with E-state index < -0.39 is 120 Å². The molecule has 6 aliphatic rings. The quantitative estimate of drug-likeness (QED) is 0.0186. The van der Waals surface area contributed by atoms with Crippen molar-refractivity contribution < 1.29 is 164 Å². The summed E-state index contributed by atoms with van der Waals surface area (Å²) in [5, 5.41) is 107. The van der Waals surface area contributed by atoms with Crippen molar-refractivity contribution in [3.8, 4) is 0 Å². The summed E-state index contributed by atoms with van der Waals surface area (Å²) in [5.74, 6) is -1.59. The highest BCUT2D eigenvalue weighted by atomic mass is 16.8. The molecule has 0 aliphatic carbocycles. The average Bonchev–Trinajstić information content (AvgIpc) is 1.62. The molecule has 0 radical (unpaired) electrons. The normalized spacial score (nSPS) is 24.7. The number of aliphatic hydroxyl groups is 6. The monoisotopic (exact) mass is 1900 g/mol. The van der Waals surface area contributed by atoms with Gasteiger partial charge in [-0.05, 0) is 31.2 Å².